The van der Waals surface area contributed by atoms with E-state index in [2.05, 4.69) is 35.8 Å². The molecule has 0 aliphatic heterocycles. The number of carbonyl (C=O) groups excluding carboxylic acids is 1. The van der Waals surface area contributed by atoms with Gasteiger partial charge in [-0.3, -0.25) is 10.00 Å². The number of sulfonamides is 1. The molecule has 3 aromatic heterocycles. The number of ether oxygens (including phenoxy) is 2. The van der Waals surface area contributed by atoms with Crippen LogP contribution in [0.3, 0.4) is 0 Å². The monoisotopic (exact) mass is 475 g/mol. The van der Waals surface area contributed by atoms with Gasteiger partial charge < -0.3 is 9.47 Å². The SMILES string of the molecule is COc1cc(OC)nc(NC(=O)NS(=O)(=O)c2c(-c3nnn(C)n3)cnn2C)n1.[V]. The number of hydrogen-bond donors (Lipinski definition) is 2. The summed E-state index contributed by atoms with van der Waals surface area (Å²) in [4.78, 5) is 21.2. The number of urea groups is 1. The van der Waals surface area contributed by atoms with Gasteiger partial charge in [-0.2, -0.15) is 28.3 Å². The Morgan fingerprint density at radius 1 is 1.13 bits per heavy atom. The maximum Gasteiger partial charge on any atom is 0.335 e. The quantitative estimate of drug-likeness (QED) is 0.443. The van der Waals surface area contributed by atoms with Crippen molar-refractivity contribution in [2.45, 2.75) is 5.03 Å². The first kappa shape index (κ1) is 23.0. The van der Waals surface area contributed by atoms with Crippen LogP contribution in [0.2, 0.25) is 0 Å². The van der Waals surface area contributed by atoms with Crippen molar-refractivity contribution in [3.8, 4) is 23.1 Å². The summed E-state index contributed by atoms with van der Waals surface area (Å²) in [7, 11) is 1.27. The van der Waals surface area contributed by atoms with Gasteiger partial charge in [-0.1, -0.05) is 0 Å². The van der Waals surface area contributed by atoms with Crippen molar-refractivity contribution < 1.29 is 41.2 Å². The molecule has 1 radical (unpaired) electrons. The van der Waals surface area contributed by atoms with E-state index in [1.807, 2.05) is 4.72 Å². The molecule has 30 heavy (non-hydrogen) atoms. The summed E-state index contributed by atoms with van der Waals surface area (Å²) in [5.41, 5.74) is 0.0696. The summed E-state index contributed by atoms with van der Waals surface area (Å²) in [6, 6.07) is 0.273. The number of tetrazole rings is 1. The van der Waals surface area contributed by atoms with Crippen molar-refractivity contribution in [3.05, 3.63) is 12.3 Å². The van der Waals surface area contributed by atoms with E-state index in [1.54, 1.807) is 0 Å². The fourth-order valence-corrected chi connectivity index (χ4v) is 3.48. The maximum atomic E-state index is 12.8. The minimum Gasteiger partial charge on any atom is -0.481 e. The van der Waals surface area contributed by atoms with Crippen LogP contribution in [0.5, 0.6) is 11.8 Å². The van der Waals surface area contributed by atoms with E-state index in [9.17, 15) is 13.2 Å². The van der Waals surface area contributed by atoms with E-state index in [-0.39, 0.29) is 52.7 Å². The minimum atomic E-state index is -4.36. The second-order valence-corrected chi connectivity index (χ2v) is 7.02. The van der Waals surface area contributed by atoms with Crippen LogP contribution in [0.1, 0.15) is 0 Å². The molecule has 0 unspecified atom stereocenters. The average molecular weight is 475 g/mol. The number of carbonyl (C=O) groups is 1. The number of nitrogens with one attached hydrogen (secondary N) is 2. The van der Waals surface area contributed by atoms with Crippen LogP contribution in [0.25, 0.3) is 11.4 Å². The Balaban J connectivity index is 0.00000320. The zero-order valence-corrected chi connectivity index (χ0v) is 18.3. The molecule has 0 bridgehead atoms. The van der Waals surface area contributed by atoms with Gasteiger partial charge in [0.25, 0.3) is 10.0 Å². The van der Waals surface area contributed by atoms with E-state index in [0.717, 1.165) is 9.48 Å². The fourth-order valence-electron chi connectivity index (χ4n) is 2.26. The van der Waals surface area contributed by atoms with E-state index < -0.39 is 16.1 Å². The zero-order valence-electron chi connectivity index (χ0n) is 16.1. The van der Waals surface area contributed by atoms with Gasteiger partial charge in [0.05, 0.1) is 39.1 Å². The Morgan fingerprint density at radius 3 is 2.30 bits per heavy atom. The van der Waals surface area contributed by atoms with Crippen molar-refractivity contribution in [2.24, 2.45) is 14.1 Å². The van der Waals surface area contributed by atoms with Gasteiger partial charge in [-0.05, 0) is 5.21 Å². The first-order chi connectivity index (χ1) is 13.7. The third-order valence-electron chi connectivity index (χ3n) is 3.44. The Hall–Kier alpha value is -3.24. The van der Waals surface area contributed by atoms with Gasteiger partial charge in [0.1, 0.15) is 0 Å². The molecular weight excluding hydrogens is 459 g/mol. The van der Waals surface area contributed by atoms with Crippen LogP contribution in [-0.4, -0.2) is 68.6 Å². The van der Waals surface area contributed by atoms with Crippen molar-refractivity contribution >= 4 is 22.0 Å². The fraction of sp³-hybridized carbons (Fsp3) is 0.308. The molecule has 0 fully saturated rings. The van der Waals surface area contributed by atoms with Gasteiger partial charge in [0.15, 0.2) is 5.03 Å². The first-order valence-corrected chi connectivity index (χ1v) is 9.29. The summed E-state index contributed by atoms with van der Waals surface area (Å²) in [5.74, 6) is 0.0206. The number of rotatable bonds is 6. The predicted octanol–water partition coefficient (Wildman–Crippen LogP) is -1.07. The molecule has 3 aromatic rings. The molecule has 15 nitrogen and oxygen atoms in total. The van der Waals surface area contributed by atoms with Gasteiger partial charge in [-0.15, -0.1) is 10.2 Å². The molecule has 159 valence electrons. The van der Waals surface area contributed by atoms with Crippen molar-refractivity contribution in [1.82, 2.24) is 44.7 Å². The number of nitrogens with zero attached hydrogens (tertiary/aromatic N) is 8. The Morgan fingerprint density at radius 2 is 1.77 bits per heavy atom. The number of anilines is 1. The van der Waals surface area contributed by atoms with Gasteiger partial charge in [0.2, 0.25) is 23.5 Å². The molecule has 3 heterocycles. The van der Waals surface area contributed by atoms with Gasteiger partial charge in [0, 0.05) is 25.6 Å². The van der Waals surface area contributed by atoms with Crippen LogP contribution in [-0.2, 0) is 42.7 Å². The van der Waals surface area contributed by atoms with Crippen LogP contribution in [0, 0.1) is 0 Å². The largest absolute Gasteiger partial charge is 0.481 e. The molecule has 17 heteroatoms. The Kier molecular flexibility index (Phi) is 6.96. The van der Waals surface area contributed by atoms with Crippen molar-refractivity contribution in [1.29, 1.82) is 0 Å². The van der Waals surface area contributed by atoms with Crippen molar-refractivity contribution in [2.75, 3.05) is 19.5 Å². The molecule has 0 spiro atoms. The number of aryl methyl sites for hydroxylation is 2. The summed E-state index contributed by atoms with van der Waals surface area (Å²) < 4.78 is 38.4. The molecule has 2 N–H and O–H groups in total. The molecule has 2 amide bonds. The second kappa shape index (κ2) is 9.06. The smallest absolute Gasteiger partial charge is 0.335 e. The van der Waals surface area contributed by atoms with Crippen LogP contribution in [0.15, 0.2) is 17.3 Å². The summed E-state index contributed by atoms with van der Waals surface area (Å²) in [6.07, 6.45) is 1.25. The summed E-state index contributed by atoms with van der Waals surface area (Å²) in [6.45, 7) is 0. The normalized spacial score (nSPS) is 10.8. The number of aromatic nitrogens is 8. The zero-order chi connectivity index (χ0) is 21.2. The van der Waals surface area contributed by atoms with E-state index in [1.165, 1.54) is 40.6 Å². The standard InChI is InChI=1S/C13H16N10O5S.V/c1-22-11(7(6-14-22)10-18-21-23(2)19-10)29(25,26)20-13(24)17-12-15-8(27-3)5-9(16-12)28-4;/h5-6H,1-4H3,(H2,15,16,17,20,24);. The summed E-state index contributed by atoms with van der Waals surface area (Å²) in [5, 5.41) is 17.1. The second-order valence-electron chi connectivity index (χ2n) is 5.43. The summed E-state index contributed by atoms with van der Waals surface area (Å²) >= 11 is 0. The van der Waals surface area contributed by atoms with Crippen LogP contribution < -0.4 is 19.5 Å². The number of hydrogen-bond acceptors (Lipinski definition) is 11. The van der Waals surface area contributed by atoms with E-state index in [0.29, 0.717) is 0 Å². The minimum absolute atomic E-state index is 0. The topological polar surface area (TPSA) is 181 Å². The third-order valence-corrected chi connectivity index (χ3v) is 4.89. The molecule has 0 saturated heterocycles. The average Bonchev–Trinajstić information content (AvgIpc) is 3.26. The molecule has 0 saturated carbocycles. The first-order valence-electron chi connectivity index (χ1n) is 7.80. The van der Waals surface area contributed by atoms with E-state index in [4.69, 9.17) is 9.47 Å². The molecule has 0 aliphatic carbocycles. The maximum absolute atomic E-state index is 12.8. The molecule has 0 atom stereocenters. The Bertz CT molecular complexity index is 1140. The van der Waals surface area contributed by atoms with Gasteiger partial charge in [-0.25, -0.2) is 9.52 Å². The van der Waals surface area contributed by atoms with E-state index >= 15 is 0 Å². The molecule has 0 aliphatic rings. The predicted molar refractivity (Wildman–Crippen MR) is 95.5 cm³/mol. The van der Waals surface area contributed by atoms with Crippen LogP contribution in [0.4, 0.5) is 10.7 Å². The molecular formula is C13H16N10O5SV. The van der Waals surface area contributed by atoms with Gasteiger partial charge >= 0.3 is 6.03 Å². The third kappa shape index (κ3) is 4.84. The molecule has 0 aromatic carbocycles. The molecule has 3 rings (SSSR count). The van der Waals surface area contributed by atoms with Crippen LogP contribution >= 0.6 is 0 Å². The Labute approximate surface area is 182 Å². The number of methoxy groups -OCH3 is 2. The van der Waals surface area contributed by atoms with Crippen molar-refractivity contribution in [3.63, 3.8) is 0 Å². The number of amides is 2.